The first-order chi connectivity index (χ1) is 8.17. The van der Waals surface area contributed by atoms with E-state index in [-0.39, 0.29) is 5.97 Å². The Morgan fingerprint density at radius 2 is 2.00 bits per heavy atom. The summed E-state index contributed by atoms with van der Waals surface area (Å²) in [5, 5.41) is 0. The monoisotopic (exact) mass is 298 g/mol. The molecule has 0 radical (unpaired) electrons. The van der Waals surface area contributed by atoms with E-state index in [2.05, 4.69) is 20.7 Å². The second-order valence-electron chi connectivity index (χ2n) is 3.34. The molecule has 0 amide bonds. The Kier molecular flexibility index (Phi) is 5.77. The topological polar surface area (TPSA) is 35.5 Å². The molecule has 0 unspecified atom stereocenters. The number of benzene rings is 1. The van der Waals surface area contributed by atoms with Crippen LogP contribution in [0.1, 0.15) is 13.3 Å². The zero-order valence-electron chi connectivity index (χ0n) is 9.90. The van der Waals surface area contributed by atoms with Crippen LogP contribution in [0.15, 0.2) is 40.4 Å². The second kappa shape index (κ2) is 7.12. The largest absolute Gasteiger partial charge is 0.490 e. The molecule has 0 aromatic heterocycles. The second-order valence-corrected chi connectivity index (χ2v) is 4.26. The first-order valence-electron chi connectivity index (χ1n) is 5.33. The fraction of sp³-hybridized carbons (Fsp3) is 0.308. The number of methoxy groups -OCH3 is 1. The molecule has 0 aliphatic heterocycles. The molecule has 1 rings (SSSR count). The van der Waals surface area contributed by atoms with Crippen molar-refractivity contribution in [3.8, 4) is 5.75 Å². The van der Waals surface area contributed by atoms with Gasteiger partial charge in [0.2, 0.25) is 0 Å². The van der Waals surface area contributed by atoms with Crippen molar-refractivity contribution in [2.45, 2.75) is 13.3 Å². The lowest BCUT2D eigenvalue weighted by Crippen LogP contribution is -2.06. The van der Waals surface area contributed by atoms with Crippen LogP contribution in [0.4, 0.5) is 0 Å². The Balaban J connectivity index is 2.53. The molecule has 4 heteroatoms. The van der Waals surface area contributed by atoms with Gasteiger partial charge in [-0.2, -0.15) is 0 Å². The van der Waals surface area contributed by atoms with Gasteiger partial charge in [-0.15, -0.1) is 0 Å². The molecule has 1 aromatic carbocycles. The Bertz CT molecular complexity index is 396. The fourth-order valence-corrected chi connectivity index (χ4v) is 1.54. The summed E-state index contributed by atoms with van der Waals surface area (Å²) < 4.78 is 11.1. The van der Waals surface area contributed by atoms with Gasteiger partial charge in [0.25, 0.3) is 0 Å². The zero-order valence-corrected chi connectivity index (χ0v) is 11.5. The van der Waals surface area contributed by atoms with E-state index in [0.717, 1.165) is 10.2 Å². The van der Waals surface area contributed by atoms with Gasteiger partial charge in [-0.1, -0.05) is 22.9 Å². The maximum atomic E-state index is 11.3. The smallest absolute Gasteiger partial charge is 0.333 e. The Hall–Kier alpha value is -1.29. The van der Waals surface area contributed by atoms with Gasteiger partial charge in [0, 0.05) is 10.0 Å². The number of ether oxygens (including phenoxy) is 2. The molecule has 0 N–H and O–H groups in total. The number of hydrogen-bond donors (Lipinski definition) is 0. The van der Waals surface area contributed by atoms with Gasteiger partial charge in [-0.05, 0) is 36.8 Å². The van der Waals surface area contributed by atoms with Crippen molar-refractivity contribution in [2.75, 3.05) is 13.7 Å². The predicted octanol–water partition coefficient (Wildman–Crippen LogP) is 3.34. The van der Waals surface area contributed by atoms with Crippen LogP contribution in [0.25, 0.3) is 0 Å². The summed E-state index contributed by atoms with van der Waals surface area (Å²) in [4.78, 5) is 11.3. The molecule has 92 valence electrons. The maximum absolute atomic E-state index is 11.3. The summed E-state index contributed by atoms with van der Waals surface area (Å²) in [5.74, 6) is 0.469. The molecular weight excluding hydrogens is 284 g/mol. The SMILES string of the molecule is CCC(=CCOc1ccc(Br)cc1)C(=O)OC. The van der Waals surface area contributed by atoms with Crippen molar-refractivity contribution in [1.29, 1.82) is 0 Å². The highest BCUT2D eigenvalue weighted by Gasteiger charge is 2.05. The number of rotatable bonds is 5. The minimum absolute atomic E-state index is 0.299. The van der Waals surface area contributed by atoms with Crippen LogP contribution < -0.4 is 4.74 Å². The third kappa shape index (κ3) is 4.61. The number of esters is 1. The van der Waals surface area contributed by atoms with E-state index in [9.17, 15) is 4.79 Å². The van der Waals surface area contributed by atoms with Gasteiger partial charge in [0.15, 0.2) is 0 Å². The van der Waals surface area contributed by atoms with E-state index in [1.807, 2.05) is 31.2 Å². The van der Waals surface area contributed by atoms with E-state index in [1.54, 1.807) is 6.08 Å². The molecule has 3 nitrogen and oxygen atoms in total. The molecular formula is C13H15BrO3. The standard InChI is InChI=1S/C13H15BrO3/c1-3-10(13(15)16-2)8-9-17-12-6-4-11(14)5-7-12/h4-8H,3,9H2,1-2H3. The molecule has 0 aliphatic carbocycles. The van der Waals surface area contributed by atoms with Crippen LogP contribution >= 0.6 is 15.9 Å². The van der Waals surface area contributed by atoms with E-state index >= 15 is 0 Å². The molecule has 0 fully saturated rings. The highest BCUT2D eigenvalue weighted by atomic mass is 79.9. The normalized spacial score (nSPS) is 11.1. The molecule has 0 spiro atoms. The van der Waals surface area contributed by atoms with E-state index in [1.165, 1.54) is 7.11 Å². The lowest BCUT2D eigenvalue weighted by molar-refractivity contribution is -0.136. The number of carbonyl (C=O) groups excluding carboxylic acids is 1. The number of hydrogen-bond acceptors (Lipinski definition) is 3. The van der Waals surface area contributed by atoms with Crippen molar-refractivity contribution in [1.82, 2.24) is 0 Å². The first-order valence-corrected chi connectivity index (χ1v) is 6.12. The van der Waals surface area contributed by atoms with Crippen LogP contribution in [-0.4, -0.2) is 19.7 Å². The van der Waals surface area contributed by atoms with E-state index in [4.69, 9.17) is 4.74 Å². The van der Waals surface area contributed by atoms with Crippen molar-refractivity contribution < 1.29 is 14.3 Å². The van der Waals surface area contributed by atoms with Crippen LogP contribution in [0, 0.1) is 0 Å². The van der Waals surface area contributed by atoms with Gasteiger partial charge in [-0.25, -0.2) is 4.79 Å². The average molecular weight is 299 g/mol. The van der Waals surface area contributed by atoms with Crippen molar-refractivity contribution in [2.24, 2.45) is 0 Å². The summed E-state index contributed by atoms with van der Waals surface area (Å²) in [5.41, 5.74) is 0.629. The van der Waals surface area contributed by atoms with Crippen LogP contribution in [-0.2, 0) is 9.53 Å². The van der Waals surface area contributed by atoms with Crippen molar-refractivity contribution in [3.63, 3.8) is 0 Å². The van der Waals surface area contributed by atoms with Crippen LogP contribution in [0.5, 0.6) is 5.75 Å². The zero-order chi connectivity index (χ0) is 12.7. The lowest BCUT2D eigenvalue weighted by Gasteiger charge is -2.05. The Labute approximate surface area is 110 Å². The molecule has 0 bridgehead atoms. The van der Waals surface area contributed by atoms with Crippen molar-refractivity contribution in [3.05, 3.63) is 40.4 Å². The summed E-state index contributed by atoms with van der Waals surface area (Å²) >= 11 is 3.35. The van der Waals surface area contributed by atoms with Crippen molar-refractivity contribution >= 4 is 21.9 Å². The highest BCUT2D eigenvalue weighted by Crippen LogP contribution is 2.16. The minimum atomic E-state index is -0.299. The van der Waals surface area contributed by atoms with Gasteiger partial charge >= 0.3 is 5.97 Å². The average Bonchev–Trinajstić information content (AvgIpc) is 2.36. The minimum Gasteiger partial charge on any atom is -0.490 e. The molecule has 17 heavy (non-hydrogen) atoms. The third-order valence-electron chi connectivity index (χ3n) is 2.22. The number of halogens is 1. The van der Waals surface area contributed by atoms with Gasteiger partial charge in [-0.3, -0.25) is 0 Å². The Morgan fingerprint density at radius 1 is 1.35 bits per heavy atom. The highest BCUT2D eigenvalue weighted by molar-refractivity contribution is 9.10. The van der Waals surface area contributed by atoms with Crippen LogP contribution in [0.3, 0.4) is 0 Å². The fourth-order valence-electron chi connectivity index (χ4n) is 1.27. The van der Waals surface area contributed by atoms with Gasteiger partial charge < -0.3 is 9.47 Å². The molecule has 1 aromatic rings. The molecule has 0 heterocycles. The van der Waals surface area contributed by atoms with Gasteiger partial charge in [0.1, 0.15) is 12.4 Å². The summed E-state index contributed by atoms with van der Waals surface area (Å²) in [6.45, 7) is 2.27. The maximum Gasteiger partial charge on any atom is 0.333 e. The molecule has 0 saturated carbocycles. The third-order valence-corrected chi connectivity index (χ3v) is 2.75. The molecule has 0 saturated heterocycles. The first kappa shape index (κ1) is 13.8. The predicted molar refractivity (Wildman–Crippen MR) is 70.0 cm³/mol. The lowest BCUT2D eigenvalue weighted by atomic mass is 10.2. The van der Waals surface area contributed by atoms with Gasteiger partial charge in [0.05, 0.1) is 7.11 Å². The summed E-state index contributed by atoms with van der Waals surface area (Å²) in [6.07, 6.45) is 2.38. The number of carbonyl (C=O) groups is 1. The Morgan fingerprint density at radius 3 is 2.53 bits per heavy atom. The van der Waals surface area contributed by atoms with Crippen LogP contribution in [0.2, 0.25) is 0 Å². The molecule has 0 atom stereocenters. The summed E-state index contributed by atoms with van der Waals surface area (Å²) in [7, 11) is 1.38. The summed E-state index contributed by atoms with van der Waals surface area (Å²) in [6, 6.07) is 7.53. The quantitative estimate of drug-likeness (QED) is 0.618. The van der Waals surface area contributed by atoms with E-state index in [0.29, 0.717) is 18.6 Å². The van der Waals surface area contributed by atoms with E-state index < -0.39 is 0 Å². The molecule has 0 aliphatic rings.